The summed E-state index contributed by atoms with van der Waals surface area (Å²) in [6.07, 6.45) is 1.06. The van der Waals surface area contributed by atoms with Crippen LogP contribution in [0.15, 0.2) is 72.8 Å². The predicted octanol–water partition coefficient (Wildman–Crippen LogP) is 4.08. The standard InChI is InChI=1S/C21H24N4/c1-25(17-18-9-4-2-5-10-18)16-8-15-22-21-14-13-20(23-24-21)19-11-6-3-7-12-19/h2-7,9-14H,8,15-17H2,1H3,(H,22,24). The summed E-state index contributed by atoms with van der Waals surface area (Å²) in [5, 5.41) is 11.9. The lowest BCUT2D eigenvalue weighted by molar-refractivity contribution is 0.325. The molecule has 0 radical (unpaired) electrons. The van der Waals surface area contributed by atoms with Crippen LogP contribution in [0.25, 0.3) is 11.3 Å². The zero-order valence-electron chi connectivity index (χ0n) is 14.6. The number of hydrogen-bond donors (Lipinski definition) is 1. The van der Waals surface area contributed by atoms with Crippen molar-refractivity contribution in [2.75, 3.05) is 25.5 Å². The van der Waals surface area contributed by atoms with Crippen LogP contribution in [0.3, 0.4) is 0 Å². The van der Waals surface area contributed by atoms with Crippen molar-refractivity contribution in [2.24, 2.45) is 0 Å². The van der Waals surface area contributed by atoms with Gasteiger partial charge >= 0.3 is 0 Å². The van der Waals surface area contributed by atoms with Crippen molar-refractivity contribution in [1.29, 1.82) is 0 Å². The lowest BCUT2D eigenvalue weighted by Crippen LogP contribution is -2.21. The molecule has 0 aliphatic carbocycles. The predicted molar refractivity (Wildman–Crippen MR) is 103 cm³/mol. The molecule has 1 aromatic heterocycles. The van der Waals surface area contributed by atoms with Crippen molar-refractivity contribution in [3.63, 3.8) is 0 Å². The molecule has 0 atom stereocenters. The molecular weight excluding hydrogens is 308 g/mol. The maximum atomic E-state index is 4.30. The summed E-state index contributed by atoms with van der Waals surface area (Å²) in [5.74, 6) is 0.824. The summed E-state index contributed by atoms with van der Waals surface area (Å²) in [5.41, 5.74) is 3.33. The smallest absolute Gasteiger partial charge is 0.148 e. The Morgan fingerprint density at radius 2 is 1.56 bits per heavy atom. The Kier molecular flexibility index (Phi) is 6.12. The van der Waals surface area contributed by atoms with Gasteiger partial charge in [0.25, 0.3) is 0 Å². The van der Waals surface area contributed by atoms with E-state index in [0.717, 1.165) is 43.1 Å². The lowest BCUT2D eigenvalue weighted by atomic mass is 10.1. The molecule has 3 rings (SSSR count). The second-order valence-electron chi connectivity index (χ2n) is 6.17. The third-order valence-electron chi connectivity index (χ3n) is 4.05. The van der Waals surface area contributed by atoms with Crippen LogP contribution in [0.2, 0.25) is 0 Å². The summed E-state index contributed by atoms with van der Waals surface area (Å²) in [7, 11) is 2.15. The number of nitrogens with one attached hydrogen (secondary N) is 1. The molecule has 0 aliphatic rings. The molecule has 4 nitrogen and oxygen atoms in total. The first-order valence-corrected chi connectivity index (χ1v) is 8.67. The summed E-state index contributed by atoms with van der Waals surface area (Å²) >= 11 is 0. The molecule has 0 spiro atoms. The Bertz CT molecular complexity index is 742. The van der Waals surface area contributed by atoms with E-state index in [1.807, 2.05) is 42.5 Å². The average Bonchev–Trinajstić information content (AvgIpc) is 2.67. The third-order valence-corrected chi connectivity index (χ3v) is 4.05. The maximum Gasteiger partial charge on any atom is 0.148 e. The van der Waals surface area contributed by atoms with E-state index in [9.17, 15) is 0 Å². The van der Waals surface area contributed by atoms with Crippen LogP contribution in [-0.2, 0) is 6.54 Å². The van der Waals surface area contributed by atoms with Gasteiger partial charge in [0.2, 0.25) is 0 Å². The Morgan fingerprint density at radius 3 is 2.24 bits per heavy atom. The van der Waals surface area contributed by atoms with E-state index < -0.39 is 0 Å². The maximum absolute atomic E-state index is 4.30. The molecule has 0 fully saturated rings. The molecule has 0 amide bonds. The molecule has 2 aromatic carbocycles. The summed E-state index contributed by atoms with van der Waals surface area (Å²) in [6, 6.07) is 24.7. The van der Waals surface area contributed by atoms with Gasteiger partial charge in [-0.3, -0.25) is 0 Å². The van der Waals surface area contributed by atoms with Crippen molar-refractivity contribution >= 4 is 5.82 Å². The first kappa shape index (κ1) is 17.1. The van der Waals surface area contributed by atoms with Crippen molar-refractivity contribution < 1.29 is 0 Å². The van der Waals surface area contributed by atoms with E-state index in [1.54, 1.807) is 0 Å². The Morgan fingerprint density at radius 1 is 0.840 bits per heavy atom. The summed E-state index contributed by atoms with van der Waals surface area (Å²) in [4.78, 5) is 2.33. The number of anilines is 1. The van der Waals surface area contributed by atoms with Gasteiger partial charge in [-0.1, -0.05) is 60.7 Å². The number of aromatic nitrogens is 2. The molecule has 3 aromatic rings. The van der Waals surface area contributed by atoms with Crippen molar-refractivity contribution in [3.05, 3.63) is 78.4 Å². The second-order valence-corrected chi connectivity index (χ2v) is 6.17. The Labute approximate surface area is 149 Å². The van der Waals surface area contributed by atoms with Gasteiger partial charge in [-0.15, -0.1) is 10.2 Å². The molecule has 0 unspecified atom stereocenters. The van der Waals surface area contributed by atoms with Crippen LogP contribution >= 0.6 is 0 Å². The van der Waals surface area contributed by atoms with Crippen LogP contribution in [0, 0.1) is 0 Å². The molecular formula is C21H24N4. The molecule has 128 valence electrons. The van der Waals surface area contributed by atoms with E-state index in [-0.39, 0.29) is 0 Å². The molecule has 0 saturated heterocycles. The Hall–Kier alpha value is -2.72. The minimum absolute atomic E-state index is 0.824. The van der Waals surface area contributed by atoms with Crippen LogP contribution in [0.4, 0.5) is 5.82 Å². The lowest BCUT2D eigenvalue weighted by Gasteiger charge is -2.16. The minimum Gasteiger partial charge on any atom is -0.369 e. The van der Waals surface area contributed by atoms with E-state index in [1.165, 1.54) is 5.56 Å². The zero-order valence-corrected chi connectivity index (χ0v) is 14.6. The zero-order chi connectivity index (χ0) is 17.3. The van der Waals surface area contributed by atoms with Crippen LogP contribution in [0.1, 0.15) is 12.0 Å². The van der Waals surface area contributed by atoms with Crippen LogP contribution < -0.4 is 5.32 Å². The number of rotatable bonds is 8. The van der Waals surface area contributed by atoms with E-state index in [2.05, 4.69) is 57.8 Å². The summed E-state index contributed by atoms with van der Waals surface area (Å²) in [6.45, 7) is 2.91. The topological polar surface area (TPSA) is 41.0 Å². The fraction of sp³-hybridized carbons (Fsp3) is 0.238. The highest BCUT2D eigenvalue weighted by atomic mass is 15.2. The average molecular weight is 332 g/mol. The number of benzene rings is 2. The highest BCUT2D eigenvalue weighted by Crippen LogP contribution is 2.16. The van der Waals surface area contributed by atoms with Crippen molar-refractivity contribution in [2.45, 2.75) is 13.0 Å². The number of hydrogen-bond acceptors (Lipinski definition) is 4. The first-order chi connectivity index (χ1) is 12.3. The van der Waals surface area contributed by atoms with E-state index in [0.29, 0.717) is 0 Å². The van der Waals surface area contributed by atoms with Gasteiger partial charge in [0.15, 0.2) is 0 Å². The van der Waals surface area contributed by atoms with Gasteiger partial charge in [0.05, 0.1) is 5.69 Å². The molecule has 0 saturated carbocycles. The minimum atomic E-state index is 0.824. The van der Waals surface area contributed by atoms with Crippen LogP contribution in [0.5, 0.6) is 0 Å². The monoisotopic (exact) mass is 332 g/mol. The van der Waals surface area contributed by atoms with Gasteiger partial charge in [0.1, 0.15) is 5.82 Å². The number of nitrogens with zero attached hydrogens (tertiary/aromatic N) is 3. The molecule has 25 heavy (non-hydrogen) atoms. The fourth-order valence-electron chi connectivity index (χ4n) is 2.73. The van der Waals surface area contributed by atoms with Crippen LogP contribution in [-0.4, -0.2) is 35.2 Å². The van der Waals surface area contributed by atoms with Gasteiger partial charge in [-0.2, -0.15) is 0 Å². The molecule has 0 aliphatic heterocycles. The normalized spacial score (nSPS) is 10.8. The fourth-order valence-corrected chi connectivity index (χ4v) is 2.73. The van der Waals surface area contributed by atoms with E-state index in [4.69, 9.17) is 0 Å². The molecule has 0 bridgehead atoms. The highest BCUT2D eigenvalue weighted by molar-refractivity contribution is 5.59. The molecule has 1 N–H and O–H groups in total. The molecule has 1 heterocycles. The Balaban J connectivity index is 1.40. The van der Waals surface area contributed by atoms with Gasteiger partial charge in [0, 0.05) is 18.7 Å². The largest absolute Gasteiger partial charge is 0.369 e. The van der Waals surface area contributed by atoms with Crippen molar-refractivity contribution in [3.8, 4) is 11.3 Å². The highest BCUT2D eigenvalue weighted by Gasteiger charge is 2.02. The quantitative estimate of drug-likeness (QED) is 0.631. The third kappa shape index (κ3) is 5.40. The summed E-state index contributed by atoms with van der Waals surface area (Å²) < 4.78 is 0. The van der Waals surface area contributed by atoms with Gasteiger partial charge in [-0.25, -0.2) is 0 Å². The van der Waals surface area contributed by atoms with Crippen molar-refractivity contribution in [1.82, 2.24) is 15.1 Å². The van der Waals surface area contributed by atoms with E-state index >= 15 is 0 Å². The molecule has 4 heteroatoms. The first-order valence-electron chi connectivity index (χ1n) is 8.67. The SMILES string of the molecule is CN(CCCNc1ccc(-c2ccccc2)nn1)Cc1ccccc1. The van der Waals surface area contributed by atoms with Gasteiger partial charge < -0.3 is 10.2 Å². The second kappa shape index (κ2) is 8.94. The van der Waals surface area contributed by atoms with Gasteiger partial charge in [-0.05, 0) is 37.7 Å².